The van der Waals surface area contributed by atoms with Crippen molar-refractivity contribution in [2.24, 2.45) is 11.8 Å². The molecule has 0 aliphatic carbocycles. The fourth-order valence-corrected chi connectivity index (χ4v) is 10.2. The number of nitrogens with zero attached hydrogens (tertiary/aromatic N) is 2. The molecule has 2 saturated heterocycles. The number of carbonyl (C=O) groups excluding carboxylic acids is 1. The van der Waals surface area contributed by atoms with Crippen molar-refractivity contribution in [3.63, 3.8) is 0 Å². The second-order valence-electron chi connectivity index (χ2n) is 10.6. The van der Waals surface area contributed by atoms with E-state index in [4.69, 9.17) is 4.74 Å². The van der Waals surface area contributed by atoms with E-state index in [1.807, 2.05) is 26.8 Å². The van der Waals surface area contributed by atoms with Crippen LogP contribution in [0.4, 0.5) is 0 Å². The van der Waals surface area contributed by atoms with Crippen LogP contribution in [0.1, 0.15) is 54.0 Å². The molecule has 2 aliphatic rings. The Kier molecular flexibility index (Phi) is 6.86. The van der Waals surface area contributed by atoms with Crippen LogP contribution in [0.3, 0.4) is 0 Å². The van der Waals surface area contributed by atoms with Crippen LogP contribution in [0, 0.1) is 11.8 Å². The molecule has 0 radical (unpaired) electrons. The summed E-state index contributed by atoms with van der Waals surface area (Å²) < 4.78 is 22.5. The molecule has 2 unspecified atom stereocenters. The Balaban J connectivity index is 1.89. The molecule has 0 saturated carbocycles. The molecule has 6 heteroatoms. The lowest BCUT2D eigenvalue weighted by atomic mass is 9.95. The molecule has 168 valence electrons. The van der Waals surface area contributed by atoms with Crippen molar-refractivity contribution >= 4 is 13.3 Å². The first-order valence-electron chi connectivity index (χ1n) is 11.3. The zero-order valence-corrected chi connectivity index (χ0v) is 20.6. The zero-order valence-electron chi connectivity index (χ0n) is 19.7. The summed E-state index contributed by atoms with van der Waals surface area (Å²) in [5.74, 6) is 0.0950. The highest BCUT2D eigenvalue weighted by Gasteiger charge is 2.61. The van der Waals surface area contributed by atoms with Crippen molar-refractivity contribution < 1.29 is 14.1 Å². The van der Waals surface area contributed by atoms with Crippen LogP contribution >= 0.6 is 7.29 Å². The molecular formula is C24H39N2O3P. The third-order valence-corrected chi connectivity index (χ3v) is 10.4. The summed E-state index contributed by atoms with van der Waals surface area (Å²) in [7, 11) is -2.90. The Hall–Kier alpha value is -1.16. The van der Waals surface area contributed by atoms with Crippen molar-refractivity contribution in [2.75, 3.05) is 19.3 Å². The number of ether oxygens (including phenoxy) is 1. The molecule has 1 aromatic carbocycles. The molecule has 0 amide bonds. The topological polar surface area (TPSA) is 49.9 Å². The molecule has 2 aliphatic heterocycles. The molecule has 2 fully saturated rings. The summed E-state index contributed by atoms with van der Waals surface area (Å²) in [4.78, 5) is 15.8. The number of esters is 1. The molecule has 1 aromatic rings. The van der Waals surface area contributed by atoms with E-state index >= 15 is 0 Å². The van der Waals surface area contributed by atoms with E-state index in [1.165, 1.54) is 5.56 Å². The molecule has 2 heterocycles. The number of hydrogen-bond acceptors (Lipinski definition) is 4. The summed E-state index contributed by atoms with van der Waals surface area (Å²) >= 11 is 0. The fraction of sp³-hybridized carbons (Fsp3) is 0.708. The third kappa shape index (κ3) is 4.84. The molecule has 5 nitrogen and oxygen atoms in total. The van der Waals surface area contributed by atoms with Crippen molar-refractivity contribution in [3.8, 4) is 0 Å². The Morgan fingerprint density at radius 3 is 2.27 bits per heavy atom. The average molecular weight is 435 g/mol. The first-order valence-corrected chi connectivity index (χ1v) is 13.2. The number of hydrogen-bond donors (Lipinski definition) is 0. The van der Waals surface area contributed by atoms with Crippen molar-refractivity contribution in [1.82, 2.24) is 9.57 Å². The maximum Gasteiger partial charge on any atom is 0.318 e. The van der Waals surface area contributed by atoms with Crippen LogP contribution in [0.15, 0.2) is 30.3 Å². The second kappa shape index (κ2) is 8.76. The predicted molar refractivity (Wildman–Crippen MR) is 123 cm³/mol. The molecule has 30 heavy (non-hydrogen) atoms. The molecule has 4 atom stereocenters. The third-order valence-electron chi connectivity index (χ3n) is 6.25. The summed E-state index contributed by atoms with van der Waals surface area (Å²) in [5, 5.41) is 0. The van der Waals surface area contributed by atoms with Crippen molar-refractivity contribution in [1.29, 1.82) is 0 Å². The van der Waals surface area contributed by atoms with Crippen LogP contribution in [0.25, 0.3) is 0 Å². The van der Waals surface area contributed by atoms with Gasteiger partial charge in [0.1, 0.15) is 11.3 Å². The lowest BCUT2D eigenvalue weighted by Crippen LogP contribution is -2.43. The predicted octanol–water partition coefficient (Wildman–Crippen LogP) is 4.86. The summed E-state index contributed by atoms with van der Waals surface area (Å²) in [6.07, 6.45) is 0.614. The SMILES string of the molecule is CC(C)N(C(C)C)P1(=O)C[C@H]2CN(Cc3ccccc3)C[C@H]2C1C(=O)OC(C)(C)C. The van der Waals surface area contributed by atoms with Gasteiger partial charge in [-0.05, 0) is 65.9 Å². The van der Waals surface area contributed by atoms with Crippen LogP contribution in [0.2, 0.25) is 0 Å². The van der Waals surface area contributed by atoms with Gasteiger partial charge in [-0.25, -0.2) is 4.67 Å². The molecule has 0 N–H and O–H groups in total. The van der Waals surface area contributed by atoms with Gasteiger partial charge in [0.25, 0.3) is 0 Å². The van der Waals surface area contributed by atoms with Crippen molar-refractivity contribution in [3.05, 3.63) is 35.9 Å². The maximum atomic E-state index is 14.5. The van der Waals surface area contributed by atoms with Crippen LogP contribution in [-0.4, -0.2) is 58.1 Å². The fourth-order valence-electron chi connectivity index (χ4n) is 5.58. The second-order valence-corrected chi connectivity index (χ2v) is 13.5. The highest BCUT2D eigenvalue weighted by atomic mass is 31.2. The van der Waals surface area contributed by atoms with E-state index in [1.54, 1.807) is 0 Å². The van der Waals surface area contributed by atoms with Gasteiger partial charge in [-0.3, -0.25) is 9.69 Å². The molecule has 0 aromatic heterocycles. The Morgan fingerprint density at radius 1 is 1.13 bits per heavy atom. The lowest BCUT2D eigenvalue weighted by molar-refractivity contribution is -0.155. The van der Waals surface area contributed by atoms with E-state index in [9.17, 15) is 9.36 Å². The number of likely N-dealkylation sites (tertiary alicyclic amines) is 1. The van der Waals surface area contributed by atoms with Gasteiger partial charge in [-0.1, -0.05) is 30.3 Å². The summed E-state index contributed by atoms with van der Waals surface area (Å²) in [5.41, 5.74) is 0.163. The van der Waals surface area contributed by atoms with E-state index in [-0.39, 0.29) is 29.9 Å². The van der Waals surface area contributed by atoms with Gasteiger partial charge in [0.15, 0.2) is 7.29 Å². The largest absolute Gasteiger partial charge is 0.459 e. The van der Waals surface area contributed by atoms with E-state index in [2.05, 4.69) is 61.5 Å². The van der Waals surface area contributed by atoms with Gasteiger partial charge in [0, 0.05) is 37.9 Å². The maximum absolute atomic E-state index is 14.5. The Bertz CT molecular complexity index is 779. The van der Waals surface area contributed by atoms with Crippen molar-refractivity contribution in [2.45, 2.75) is 78.4 Å². The normalized spacial score (nSPS) is 29.7. The number of fused-ring (bicyclic) bond motifs is 1. The van der Waals surface area contributed by atoms with E-state index in [0.29, 0.717) is 6.16 Å². The van der Waals surface area contributed by atoms with Gasteiger partial charge in [0.2, 0.25) is 0 Å². The van der Waals surface area contributed by atoms with Crippen LogP contribution in [0.5, 0.6) is 0 Å². The van der Waals surface area contributed by atoms with E-state index < -0.39 is 18.6 Å². The minimum Gasteiger partial charge on any atom is -0.459 e. The smallest absolute Gasteiger partial charge is 0.318 e. The minimum atomic E-state index is -2.90. The number of benzene rings is 1. The monoisotopic (exact) mass is 434 g/mol. The minimum absolute atomic E-state index is 0.0920. The highest BCUT2D eigenvalue weighted by Crippen LogP contribution is 2.67. The first-order chi connectivity index (χ1) is 13.9. The van der Waals surface area contributed by atoms with Crippen LogP contribution < -0.4 is 0 Å². The van der Waals surface area contributed by atoms with Gasteiger partial charge in [-0.2, -0.15) is 0 Å². The summed E-state index contributed by atoms with van der Waals surface area (Å²) in [6, 6.07) is 10.7. The van der Waals surface area contributed by atoms with E-state index in [0.717, 1.165) is 19.6 Å². The van der Waals surface area contributed by atoms with Gasteiger partial charge in [-0.15, -0.1) is 0 Å². The van der Waals surface area contributed by atoms with Gasteiger partial charge < -0.3 is 9.30 Å². The molecular weight excluding hydrogens is 395 g/mol. The first kappa shape index (κ1) is 23.5. The van der Waals surface area contributed by atoms with Gasteiger partial charge >= 0.3 is 5.97 Å². The Morgan fingerprint density at radius 2 is 1.73 bits per heavy atom. The van der Waals surface area contributed by atoms with Crippen LogP contribution in [-0.2, 0) is 20.6 Å². The molecule has 3 rings (SSSR count). The number of rotatable bonds is 6. The lowest BCUT2D eigenvalue weighted by Gasteiger charge is -2.40. The average Bonchev–Trinajstić information content (AvgIpc) is 3.06. The highest BCUT2D eigenvalue weighted by molar-refractivity contribution is 7.63. The Labute approximate surface area is 182 Å². The standard InChI is InChI=1S/C24H39N2O3P/c1-17(2)26(18(3)4)30(28)16-20-14-25(13-19-11-9-8-10-12-19)15-21(20)22(30)23(27)29-24(5,6)7/h8-12,17-18,20-22H,13-16H2,1-7H3/t20-,21-,22?,30?/m1/s1. The molecule has 0 bridgehead atoms. The molecule has 0 spiro atoms. The summed E-state index contributed by atoms with van der Waals surface area (Å²) in [6.45, 7) is 16.6. The zero-order chi connectivity index (χ0) is 22.3. The number of carbonyl (C=O) groups is 1. The quantitative estimate of drug-likeness (QED) is 0.473. The van der Waals surface area contributed by atoms with Gasteiger partial charge in [0.05, 0.1) is 0 Å².